The Labute approximate surface area is 117 Å². The zero-order valence-corrected chi connectivity index (χ0v) is 12.4. The summed E-state index contributed by atoms with van der Waals surface area (Å²) in [5.74, 6) is -0.156. The third-order valence-corrected chi connectivity index (χ3v) is 4.69. The molecule has 102 valence electrons. The van der Waals surface area contributed by atoms with Crippen LogP contribution >= 0.6 is 23.2 Å². The summed E-state index contributed by atoms with van der Waals surface area (Å²) in [6.07, 6.45) is 0. The minimum atomic E-state index is -3.66. The van der Waals surface area contributed by atoms with E-state index in [1.807, 2.05) is 0 Å². The second-order valence-corrected chi connectivity index (χ2v) is 6.73. The number of aliphatic hydroxyl groups excluding tert-OH is 1. The van der Waals surface area contributed by atoms with E-state index in [-0.39, 0.29) is 24.0 Å². The van der Waals surface area contributed by atoms with E-state index in [0.717, 1.165) is 0 Å². The van der Waals surface area contributed by atoms with E-state index in [4.69, 9.17) is 28.3 Å². The summed E-state index contributed by atoms with van der Waals surface area (Å²) in [6, 6.07) is 2.71. The van der Waals surface area contributed by atoms with E-state index in [9.17, 15) is 8.42 Å². The normalized spacial score (nSPS) is 13.6. The summed E-state index contributed by atoms with van der Waals surface area (Å²) in [7, 11) is -3.66. The van der Waals surface area contributed by atoms with Crippen LogP contribution in [0.1, 0.15) is 12.5 Å². The summed E-state index contributed by atoms with van der Waals surface area (Å²) in [4.78, 5) is 0.0215. The van der Waals surface area contributed by atoms with Crippen molar-refractivity contribution in [1.29, 1.82) is 0 Å². The van der Waals surface area contributed by atoms with Gasteiger partial charge in [-0.3, -0.25) is 0 Å². The van der Waals surface area contributed by atoms with Gasteiger partial charge < -0.3 is 5.11 Å². The van der Waals surface area contributed by atoms with Gasteiger partial charge in [0.2, 0.25) is 10.0 Å². The van der Waals surface area contributed by atoms with E-state index < -0.39 is 10.0 Å². The van der Waals surface area contributed by atoms with Crippen LogP contribution in [0.5, 0.6) is 0 Å². The Balaban J connectivity index is 2.99. The third-order valence-electron chi connectivity index (χ3n) is 2.50. The van der Waals surface area contributed by atoms with Gasteiger partial charge in [-0.1, -0.05) is 30.1 Å². The van der Waals surface area contributed by atoms with E-state index in [1.165, 1.54) is 12.1 Å². The average molecular weight is 312 g/mol. The number of nitrogens with one attached hydrogen (secondary N) is 1. The SMILES string of the molecule is Cc1c(Cl)cc(S(=O)(=O)NCC(C)CO)cc1Cl. The molecule has 0 aromatic heterocycles. The molecule has 0 fully saturated rings. The van der Waals surface area contributed by atoms with Crippen molar-refractivity contribution in [2.75, 3.05) is 13.2 Å². The number of hydrogen-bond donors (Lipinski definition) is 2. The first-order valence-corrected chi connectivity index (χ1v) is 7.58. The molecule has 4 nitrogen and oxygen atoms in total. The van der Waals surface area contributed by atoms with E-state index in [2.05, 4.69) is 4.72 Å². The van der Waals surface area contributed by atoms with Gasteiger partial charge in [-0.2, -0.15) is 0 Å². The fourth-order valence-corrected chi connectivity index (χ4v) is 3.01. The highest BCUT2D eigenvalue weighted by atomic mass is 35.5. The van der Waals surface area contributed by atoms with Gasteiger partial charge in [0.05, 0.1) is 4.90 Å². The second kappa shape index (κ2) is 6.21. The van der Waals surface area contributed by atoms with E-state index >= 15 is 0 Å². The van der Waals surface area contributed by atoms with Gasteiger partial charge in [0.1, 0.15) is 0 Å². The number of rotatable bonds is 5. The first-order valence-electron chi connectivity index (χ1n) is 5.34. The standard InChI is InChI=1S/C11H15Cl2NO3S/c1-7(6-15)5-14-18(16,17)9-3-10(12)8(2)11(13)4-9/h3-4,7,14-15H,5-6H2,1-2H3. The van der Waals surface area contributed by atoms with Gasteiger partial charge in [0.25, 0.3) is 0 Å². The molecule has 1 unspecified atom stereocenters. The van der Waals surface area contributed by atoms with Crippen molar-refractivity contribution in [2.24, 2.45) is 5.92 Å². The van der Waals surface area contributed by atoms with E-state index in [1.54, 1.807) is 13.8 Å². The minimum absolute atomic E-state index is 0.0215. The van der Waals surface area contributed by atoms with Crippen molar-refractivity contribution in [3.05, 3.63) is 27.7 Å². The first-order chi connectivity index (χ1) is 8.27. The van der Waals surface area contributed by atoms with Crippen molar-refractivity contribution in [1.82, 2.24) is 4.72 Å². The Morgan fingerprint density at radius 3 is 2.28 bits per heavy atom. The molecule has 1 aromatic carbocycles. The fourth-order valence-electron chi connectivity index (χ4n) is 1.18. The number of sulfonamides is 1. The smallest absolute Gasteiger partial charge is 0.240 e. The molecule has 0 aliphatic rings. The molecule has 0 aliphatic heterocycles. The average Bonchev–Trinajstić information content (AvgIpc) is 2.32. The third kappa shape index (κ3) is 3.83. The van der Waals surface area contributed by atoms with Crippen molar-refractivity contribution in [2.45, 2.75) is 18.7 Å². The van der Waals surface area contributed by atoms with Crippen LogP contribution in [0.4, 0.5) is 0 Å². The molecule has 1 rings (SSSR count). The van der Waals surface area contributed by atoms with Gasteiger partial charge in [0.15, 0.2) is 0 Å². The van der Waals surface area contributed by atoms with Crippen LogP contribution in [0.25, 0.3) is 0 Å². The van der Waals surface area contributed by atoms with Gasteiger partial charge in [-0.05, 0) is 30.5 Å². The van der Waals surface area contributed by atoms with Crippen LogP contribution in [-0.4, -0.2) is 26.7 Å². The molecule has 0 aliphatic carbocycles. The number of hydrogen-bond acceptors (Lipinski definition) is 3. The highest BCUT2D eigenvalue weighted by Gasteiger charge is 2.17. The zero-order valence-electron chi connectivity index (χ0n) is 10.1. The van der Waals surface area contributed by atoms with Crippen LogP contribution in [-0.2, 0) is 10.0 Å². The fraction of sp³-hybridized carbons (Fsp3) is 0.455. The highest BCUT2D eigenvalue weighted by molar-refractivity contribution is 7.89. The maximum atomic E-state index is 12.0. The van der Waals surface area contributed by atoms with Crippen LogP contribution in [0, 0.1) is 12.8 Å². The van der Waals surface area contributed by atoms with Crippen molar-refractivity contribution >= 4 is 33.2 Å². The summed E-state index contributed by atoms with van der Waals surface area (Å²) < 4.78 is 26.3. The molecular weight excluding hydrogens is 297 g/mol. The lowest BCUT2D eigenvalue weighted by atomic mass is 10.2. The molecule has 18 heavy (non-hydrogen) atoms. The first kappa shape index (κ1) is 15.7. The monoisotopic (exact) mass is 311 g/mol. The number of halogens is 2. The topological polar surface area (TPSA) is 66.4 Å². The molecule has 0 radical (unpaired) electrons. The molecule has 7 heteroatoms. The predicted octanol–water partition coefficient (Wildman–Crippen LogP) is 2.21. The minimum Gasteiger partial charge on any atom is -0.396 e. The molecule has 0 saturated carbocycles. The van der Waals surface area contributed by atoms with E-state index in [0.29, 0.717) is 15.6 Å². The molecule has 1 aromatic rings. The molecule has 0 saturated heterocycles. The Hall–Kier alpha value is -0.330. The molecule has 1 atom stereocenters. The predicted molar refractivity (Wildman–Crippen MR) is 72.6 cm³/mol. The zero-order chi connectivity index (χ0) is 13.9. The molecular formula is C11H15Cl2NO3S. The lowest BCUT2D eigenvalue weighted by molar-refractivity contribution is 0.238. The molecule has 0 heterocycles. The van der Waals surface area contributed by atoms with Gasteiger partial charge >= 0.3 is 0 Å². The van der Waals surface area contributed by atoms with Gasteiger partial charge in [0, 0.05) is 23.2 Å². The Morgan fingerprint density at radius 1 is 1.33 bits per heavy atom. The number of aliphatic hydroxyl groups is 1. The Bertz CT molecular complexity index is 508. The molecule has 0 bridgehead atoms. The van der Waals surface area contributed by atoms with Crippen LogP contribution in [0.3, 0.4) is 0 Å². The lowest BCUT2D eigenvalue weighted by Crippen LogP contribution is -2.29. The quantitative estimate of drug-likeness (QED) is 0.876. The molecule has 0 amide bonds. The number of benzene rings is 1. The summed E-state index contributed by atoms with van der Waals surface area (Å²) in [6.45, 7) is 3.51. The van der Waals surface area contributed by atoms with Crippen LogP contribution in [0.15, 0.2) is 17.0 Å². The van der Waals surface area contributed by atoms with Gasteiger partial charge in [-0.15, -0.1) is 0 Å². The Morgan fingerprint density at radius 2 is 1.83 bits per heavy atom. The summed E-state index contributed by atoms with van der Waals surface area (Å²) in [5.41, 5.74) is 0.640. The maximum Gasteiger partial charge on any atom is 0.240 e. The lowest BCUT2D eigenvalue weighted by Gasteiger charge is -2.11. The largest absolute Gasteiger partial charge is 0.396 e. The van der Waals surface area contributed by atoms with Crippen LogP contribution < -0.4 is 4.72 Å². The van der Waals surface area contributed by atoms with Crippen molar-refractivity contribution in [3.8, 4) is 0 Å². The second-order valence-electron chi connectivity index (χ2n) is 4.15. The van der Waals surface area contributed by atoms with Crippen molar-refractivity contribution < 1.29 is 13.5 Å². The van der Waals surface area contributed by atoms with Crippen LogP contribution in [0.2, 0.25) is 10.0 Å². The van der Waals surface area contributed by atoms with Crippen molar-refractivity contribution in [3.63, 3.8) is 0 Å². The molecule has 0 spiro atoms. The maximum absolute atomic E-state index is 12.0. The van der Waals surface area contributed by atoms with Gasteiger partial charge in [-0.25, -0.2) is 13.1 Å². The summed E-state index contributed by atoms with van der Waals surface area (Å²) in [5, 5.41) is 9.46. The summed E-state index contributed by atoms with van der Waals surface area (Å²) >= 11 is 11.8. The Kier molecular flexibility index (Phi) is 5.43. The highest BCUT2D eigenvalue weighted by Crippen LogP contribution is 2.27. The molecule has 2 N–H and O–H groups in total.